The van der Waals surface area contributed by atoms with Gasteiger partial charge < -0.3 is 0 Å². The molecule has 0 aliphatic heterocycles. The van der Waals surface area contributed by atoms with Gasteiger partial charge in [-0.05, 0) is 30.8 Å². The summed E-state index contributed by atoms with van der Waals surface area (Å²) >= 11 is 0. The number of rotatable bonds is 2. The van der Waals surface area contributed by atoms with E-state index in [2.05, 4.69) is 24.7 Å². The Balaban J connectivity index is 2.98. The average molecular weight is 133 g/mol. The second-order valence-electron chi connectivity index (χ2n) is 2.18. The lowest BCUT2D eigenvalue weighted by atomic mass is 10.1. The first-order valence-corrected chi connectivity index (χ1v) is 3.42. The maximum Gasteiger partial charge on any atom is 0.0625 e. The van der Waals surface area contributed by atoms with Crippen LogP contribution in [0, 0.1) is 0 Å². The zero-order valence-electron chi connectivity index (χ0n) is 6.17. The molecule has 1 heteroatoms. The highest BCUT2D eigenvalue weighted by Crippen LogP contribution is 2.12. The molecule has 1 aromatic carbocycles. The number of benzene rings is 1. The number of hydrogen-bond donors (Lipinski definition) is 0. The molecule has 0 N–H and O–H groups in total. The average Bonchev–Trinajstić information content (AvgIpc) is 2.05. The summed E-state index contributed by atoms with van der Waals surface area (Å²) < 4.78 is 0. The normalized spacial score (nSPS) is 9.30. The first-order chi connectivity index (χ1) is 4.86. The van der Waals surface area contributed by atoms with Crippen molar-refractivity contribution in [2.45, 2.75) is 13.3 Å². The van der Waals surface area contributed by atoms with Gasteiger partial charge in [-0.15, -0.1) is 0 Å². The number of aliphatic imine (C=N–C) groups is 1. The Hall–Kier alpha value is -1.11. The Bertz CT molecular complexity index is 228. The fourth-order valence-corrected chi connectivity index (χ4v) is 0.875. The minimum Gasteiger partial charge on any atom is -0.265 e. The van der Waals surface area contributed by atoms with Gasteiger partial charge >= 0.3 is 0 Å². The van der Waals surface area contributed by atoms with E-state index in [9.17, 15) is 0 Å². The van der Waals surface area contributed by atoms with Crippen LogP contribution in [0.4, 0.5) is 5.69 Å². The summed E-state index contributed by atoms with van der Waals surface area (Å²) in [4.78, 5) is 3.83. The number of aryl methyl sites for hydroxylation is 1. The van der Waals surface area contributed by atoms with Crippen molar-refractivity contribution in [1.82, 2.24) is 0 Å². The van der Waals surface area contributed by atoms with Crippen molar-refractivity contribution in [3.05, 3.63) is 29.8 Å². The van der Waals surface area contributed by atoms with Gasteiger partial charge in [-0.3, -0.25) is 4.99 Å². The van der Waals surface area contributed by atoms with E-state index in [4.69, 9.17) is 0 Å². The summed E-state index contributed by atoms with van der Waals surface area (Å²) in [5, 5.41) is 0. The molecular weight excluding hydrogens is 122 g/mol. The molecule has 52 valence electrons. The van der Waals surface area contributed by atoms with Crippen molar-refractivity contribution in [3.8, 4) is 0 Å². The van der Waals surface area contributed by atoms with Gasteiger partial charge in [-0.1, -0.05) is 19.1 Å². The minimum atomic E-state index is 0.958. The largest absolute Gasteiger partial charge is 0.265 e. The molecule has 0 bridgehead atoms. The molecule has 0 saturated heterocycles. The monoisotopic (exact) mass is 133 g/mol. The van der Waals surface area contributed by atoms with Gasteiger partial charge in [0.05, 0.1) is 5.69 Å². The Morgan fingerprint density at radius 1 is 1.50 bits per heavy atom. The van der Waals surface area contributed by atoms with Crippen LogP contribution in [0.15, 0.2) is 29.3 Å². The second kappa shape index (κ2) is 3.16. The lowest BCUT2D eigenvalue weighted by Crippen LogP contribution is -1.76. The molecule has 0 unspecified atom stereocenters. The van der Waals surface area contributed by atoms with E-state index in [0.29, 0.717) is 0 Å². The molecule has 0 aromatic heterocycles. The number of hydrogen-bond acceptors (Lipinski definition) is 1. The highest BCUT2D eigenvalue weighted by Gasteiger charge is 1.88. The van der Waals surface area contributed by atoms with Crippen molar-refractivity contribution in [1.29, 1.82) is 0 Å². The van der Waals surface area contributed by atoms with Crippen LogP contribution in [-0.4, -0.2) is 6.72 Å². The number of nitrogens with zero attached hydrogens (tertiary/aromatic N) is 1. The summed E-state index contributed by atoms with van der Waals surface area (Å²) in [6, 6.07) is 8.09. The molecule has 0 aliphatic rings. The topological polar surface area (TPSA) is 12.4 Å². The summed E-state index contributed by atoms with van der Waals surface area (Å²) in [7, 11) is 0. The van der Waals surface area contributed by atoms with E-state index in [-0.39, 0.29) is 0 Å². The third-order valence-electron chi connectivity index (χ3n) is 1.50. The van der Waals surface area contributed by atoms with Crippen LogP contribution < -0.4 is 0 Å². The Morgan fingerprint density at radius 2 is 2.30 bits per heavy atom. The van der Waals surface area contributed by atoms with Gasteiger partial charge in [0.15, 0.2) is 0 Å². The summed E-state index contributed by atoms with van der Waals surface area (Å²) in [6.45, 7) is 5.58. The van der Waals surface area contributed by atoms with Crippen molar-refractivity contribution >= 4 is 12.4 Å². The quantitative estimate of drug-likeness (QED) is 0.550. The van der Waals surface area contributed by atoms with Gasteiger partial charge in [-0.25, -0.2) is 0 Å². The molecule has 0 atom stereocenters. The van der Waals surface area contributed by atoms with Gasteiger partial charge in [0.1, 0.15) is 0 Å². The maximum atomic E-state index is 3.83. The van der Waals surface area contributed by atoms with Crippen molar-refractivity contribution in [3.63, 3.8) is 0 Å². The van der Waals surface area contributed by atoms with E-state index in [1.54, 1.807) is 0 Å². The van der Waals surface area contributed by atoms with Gasteiger partial charge in [0.2, 0.25) is 0 Å². The Labute approximate surface area is 61.4 Å². The smallest absolute Gasteiger partial charge is 0.0625 e. The fourth-order valence-electron chi connectivity index (χ4n) is 0.875. The summed E-state index contributed by atoms with van der Waals surface area (Å²) in [6.07, 6.45) is 1.06. The molecule has 0 aliphatic carbocycles. The molecular formula is C9H11N. The van der Waals surface area contributed by atoms with Crippen molar-refractivity contribution < 1.29 is 0 Å². The highest BCUT2D eigenvalue weighted by atomic mass is 14.7. The van der Waals surface area contributed by atoms with Crippen LogP contribution in [0.25, 0.3) is 0 Å². The molecule has 1 rings (SSSR count). The zero-order valence-corrected chi connectivity index (χ0v) is 6.17. The third kappa shape index (κ3) is 1.44. The first-order valence-electron chi connectivity index (χ1n) is 3.42. The first kappa shape index (κ1) is 7.00. The standard InChI is InChI=1S/C9H11N/c1-3-8-5-4-6-9(7-8)10-2/h4-7H,2-3H2,1H3. The van der Waals surface area contributed by atoms with Crippen molar-refractivity contribution in [2.75, 3.05) is 0 Å². The van der Waals surface area contributed by atoms with Gasteiger partial charge in [-0.2, -0.15) is 0 Å². The SMILES string of the molecule is C=Nc1cccc(CC)c1. The van der Waals surface area contributed by atoms with E-state index >= 15 is 0 Å². The van der Waals surface area contributed by atoms with Crippen LogP contribution in [0.2, 0.25) is 0 Å². The van der Waals surface area contributed by atoms with Crippen LogP contribution >= 0.6 is 0 Å². The highest BCUT2D eigenvalue weighted by molar-refractivity contribution is 5.46. The summed E-state index contributed by atoms with van der Waals surface area (Å²) in [5.41, 5.74) is 2.27. The lowest BCUT2D eigenvalue weighted by Gasteiger charge is -1.95. The molecule has 10 heavy (non-hydrogen) atoms. The van der Waals surface area contributed by atoms with Crippen LogP contribution in [-0.2, 0) is 6.42 Å². The molecule has 0 fully saturated rings. The molecule has 0 amide bonds. The molecule has 1 aromatic rings. The predicted molar refractivity (Wildman–Crippen MR) is 45.0 cm³/mol. The second-order valence-corrected chi connectivity index (χ2v) is 2.18. The lowest BCUT2D eigenvalue weighted by molar-refractivity contribution is 1.14. The van der Waals surface area contributed by atoms with Crippen LogP contribution in [0.3, 0.4) is 0 Å². The molecule has 0 saturated carbocycles. The zero-order chi connectivity index (χ0) is 7.40. The molecule has 0 radical (unpaired) electrons. The van der Waals surface area contributed by atoms with Gasteiger partial charge in [0, 0.05) is 0 Å². The van der Waals surface area contributed by atoms with E-state index in [1.807, 2.05) is 18.2 Å². The molecule has 0 spiro atoms. The van der Waals surface area contributed by atoms with Crippen LogP contribution in [0.5, 0.6) is 0 Å². The predicted octanol–water partition coefficient (Wildman–Crippen LogP) is 2.58. The van der Waals surface area contributed by atoms with Crippen molar-refractivity contribution in [2.24, 2.45) is 4.99 Å². The summed E-state index contributed by atoms with van der Waals surface area (Å²) in [5.74, 6) is 0. The Kier molecular flexibility index (Phi) is 2.21. The molecule has 1 nitrogen and oxygen atoms in total. The Morgan fingerprint density at radius 3 is 2.90 bits per heavy atom. The minimum absolute atomic E-state index is 0.958. The molecule has 0 heterocycles. The van der Waals surface area contributed by atoms with E-state index in [1.165, 1.54) is 5.56 Å². The fraction of sp³-hybridized carbons (Fsp3) is 0.222. The van der Waals surface area contributed by atoms with Crippen LogP contribution in [0.1, 0.15) is 12.5 Å². The van der Waals surface area contributed by atoms with Gasteiger partial charge in [0.25, 0.3) is 0 Å². The maximum absolute atomic E-state index is 3.83. The van der Waals surface area contributed by atoms with E-state index in [0.717, 1.165) is 12.1 Å². The van der Waals surface area contributed by atoms with E-state index < -0.39 is 0 Å². The third-order valence-corrected chi connectivity index (χ3v) is 1.50.